The lowest BCUT2D eigenvalue weighted by Gasteiger charge is -2.12. The summed E-state index contributed by atoms with van der Waals surface area (Å²) in [6.45, 7) is -0.664. The molecule has 1 unspecified atom stereocenters. The molecule has 0 fully saturated rings. The van der Waals surface area contributed by atoms with Gasteiger partial charge >= 0.3 is 6.18 Å². The van der Waals surface area contributed by atoms with Gasteiger partial charge in [-0.15, -0.1) is 0 Å². The zero-order valence-corrected chi connectivity index (χ0v) is 9.30. The lowest BCUT2D eigenvalue weighted by Crippen LogP contribution is -2.27. The summed E-state index contributed by atoms with van der Waals surface area (Å²) in [5.41, 5.74) is -1.31. The normalized spacial score (nSPS) is 13.8. The van der Waals surface area contributed by atoms with Crippen molar-refractivity contribution in [2.45, 2.75) is 18.7 Å². The molecule has 0 amide bonds. The highest BCUT2D eigenvalue weighted by atomic mass is 35.5. The summed E-state index contributed by atoms with van der Waals surface area (Å²) in [6, 6.07) is 0.504. The number of anilines is 1. The van der Waals surface area contributed by atoms with Crippen LogP contribution < -0.4 is 5.32 Å². The predicted octanol–water partition coefficient (Wildman–Crippen LogP) is 2.19. The van der Waals surface area contributed by atoms with Crippen LogP contribution in [-0.4, -0.2) is 34.1 Å². The maximum Gasteiger partial charge on any atom is 0.433 e. The number of aromatic nitrogens is 2. The maximum atomic E-state index is 12.3. The van der Waals surface area contributed by atoms with Crippen molar-refractivity contribution < 1.29 is 27.1 Å². The third-order valence-electron chi connectivity index (χ3n) is 1.77. The van der Waals surface area contributed by atoms with Gasteiger partial charge in [0.2, 0.25) is 5.28 Å². The van der Waals surface area contributed by atoms with Crippen LogP contribution in [0.4, 0.5) is 27.8 Å². The van der Waals surface area contributed by atoms with Crippen molar-refractivity contribution in [2.75, 3.05) is 11.9 Å². The minimum atomic E-state index is -4.73. The molecular formula is C8H7ClF5N3O. The molecule has 1 atom stereocenters. The SMILES string of the molecule is OC(CNc1cc(C(F)(F)F)nc(Cl)n1)C(F)F. The van der Waals surface area contributed by atoms with Crippen LogP contribution in [0.5, 0.6) is 0 Å². The zero-order chi connectivity index (χ0) is 13.9. The van der Waals surface area contributed by atoms with Gasteiger partial charge in [0.1, 0.15) is 11.9 Å². The first kappa shape index (κ1) is 14.8. The highest BCUT2D eigenvalue weighted by molar-refractivity contribution is 6.28. The average Bonchev–Trinajstić information content (AvgIpc) is 2.23. The first-order chi connectivity index (χ1) is 8.20. The fourth-order valence-electron chi connectivity index (χ4n) is 0.952. The lowest BCUT2D eigenvalue weighted by molar-refractivity contribution is -0.141. The Kier molecular flexibility index (Phi) is 4.63. The van der Waals surface area contributed by atoms with Crippen molar-refractivity contribution in [3.05, 3.63) is 17.0 Å². The Hall–Kier alpha value is -1.22. The zero-order valence-electron chi connectivity index (χ0n) is 8.55. The molecule has 1 rings (SSSR count). The van der Waals surface area contributed by atoms with E-state index in [1.807, 2.05) is 0 Å². The number of hydrogen-bond donors (Lipinski definition) is 2. The standard InChI is InChI=1S/C8H7ClF5N3O/c9-7-16-4(8(12,13)14)1-5(17-7)15-2-3(18)6(10)11/h1,3,6,18H,2H2,(H,15,16,17). The summed E-state index contributed by atoms with van der Waals surface area (Å²) >= 11 is 5.26. The summed E-state index contributed by atoms with van der Waals surface area (Å²) in [6.07, 6.45) is -9.77. The molecule has 4 nitrogen and oxygen atoms in total. The molecule has 1 heterocycles. The Bertz CT molecular complexity index is 414. The van der Waals surface area contributed by atoms with Crippen LogP contribution in [0.3, 0.4) is 0 Å². The summed E-state index contributed by atoms with van der Waals surface area (Å²) < 4.78 is 60.9. The van der Waals surface area contributed by atoms with E-state index in [4.69, 9.17) is 16.7 Å². The maximum absolute atomic E-state index is 12.3. The second-order valence-corrected chi connectivity index (χ2v) is 3.53. The fraction of sp³-hybridized carbons (Fsp3) is 0.500. The van der Waals surface area contributed by atoms with E-state index in [0.29, 0.717) is 6.07 Å². The number of alkyl halides is 5. The number of hydrogen-bond acceptors (Lipinski definition) is 4. The second-order valence-electron chi connectivity index (χ2n) is 3.19. The van der Waals surface area contributed by atoms with E-state index in [-0.39, 0.29) is 0 Å². The fourth-order valence-corrected chi connectivity index (χ4v) is 1.13. The van der Waals surface area contributed by atoms with Gasteiger partial charge in [0.05, 0.1) is 0 Å². The van der Waals surface area contributed by atoms with Crippen LogP contribution in [0.25, 0.3) is 0 Å². The van der Waals surface area contributed by atoms with Crippen LogP contribution in [0, 0.1) is 0 Å². The number of nitrogens with zero attached hydrogens (tertiary/aromatic N) is 2. The van der Waals surface area contributed by atoms with E-state index in [9.17, 15) is 22.0 Å². The quantitative estimate of drug-likeness (QED) is 0.659. The minimum absolute atomic E-state index is 0.401. The van der Waals surface area contributed by atoms with Crippen molar-refractivity contribution in [2.24, 2.45) is 0 Å². The number of aliphatic hydroxyl groups excluding tert-OH is 1. The van der Waals surface area contributed by atoms with E-state index in [0.717, 1.165) is 0 Å². The van der Waals surface area contributed by atoms with Gasteiger partial charge in [-0.1, -0.05) is 0 Å². The molecule has 0 spiro atoms. The number of rotatable bonds is 4. The van der Waals surface area contributed by atoms with Crippen LogP contribution in [0.2, 0.25) is 5.28 Å². The van der Waals surface area contributed by atoms with E-state index >= 15 is 0 Å². The van der Waals surface area contributed by atoms with Gasteiger partial charge in [0.15, 0.2) is 5.69 Å². The highest BCUT2D eigenvalue weighted by Gasteiger charge is 2.33. The molecule has 1 aromatic heterocycles. The second kappa shape index (κ2) is 5.61. The van der Waals surface area contributed by atoms with Crippen LogP contribution in [-0.2, 0) is 6.18 Å². The smallest absolute Gasteiger partial charge is 0.385 e. The van der Waals surface area contributed by atoms with Gasteiger partial charge in [0, 0.05) is 12.6 Å². The van der Waals surface area contributed by atoms with Gasteiger partial charge in [-0.2, -0.15) is 13.2 Å². The Morgan fingerprint density at radius 2 is 1.94 bits per heavy atom. The summed E-state index contributed by atoms with van der Waals surface area (Å²) in [5, 5.41) is 10.2. The molecule has 0 aliphatic rings. The molecule has 0 saturated carbocycles. The molecule has 0 aliphatic carbocycles. The van der Waals surface area contributed by atoms with E-state index in [1.165, 1.54) is 0 Å². The summed E-state index contributed by atoms with van der Waals surface area (Å²) in [4.78, 5) is 6.31. The van der Waals surface area contributed by atoms with Gasteiger partial charge in [-0.05, 0) is 11.6 Å². The Labute approximate surface area is 103 Å². The molecule has 2 N–H and O–H groups in total. The van der Waals surface area contributed by atoms with Crippen LogP contribution >= 0.6 is 11.6 Å². The number of halogens is 6. The average molecular weight is 292 g/mol. The van der Waals surface area contributed by atoms with Crippen LogP contribution in [0.1, 0.15) is 5.69 Å². The van der Waals surface area contributed by atoms with E-state index in [1.54, 1.807) is 0 Å². The van der Waals surface area contributed by atoms with Crippen molar-refractivity contribution in [3.63, 3.8) is 0 Å². The first-order valence-corrected chi connectivity index (χ1v) is 4.90. The monoisotopic (exact) mass is 291 g/mol. The summed E-state index contributed by atoms with van der Waals surface area (Å²) in [7, 11) is 0. The first-order valence-electron chi connectivity index (χ1n) is 4.52. The number of nitrogens with one attached hydrogen (secondary N) is 1. The molecule has 18 heavy (non-hydrogen) atoms. The lowest BCUT2D eigenvalue weighted by atomic mass is 10.3. The third-order valence-corrected chi connectivity index (χ3v) is 1.94. The molecule has 0 radical (unpaired) electrons. The number of aliphatic hydroxyl groups is 1. The van der Waals surface area contributed by atoms with Gasteiger partial charge < -0.3 is 10.4 Å². The third kappa shape index (κ3) is 4.22. The Morgan fingerprint density at radius 1 is 1.33 bits per heavy atom. The van der Waals surface area contributed by atoms with E-state index < -0.39 is 42.0 Å². The Balaban J connectivity index is 2.81. The van der Waals surface area contributed by atoms with Gasteiger partial charge in [-0.25, -0.2) is 18.7 Å². The van der Waals surface area contributed by atoms with Crippen molar-refractivity contribution in [3.8, 4) is 0 Å². The van der Waals surface area contributed by atoms with Gasteiger partial charge in [-0.3, -0.25) is 0 Å². The molecule has 0 saturated heterocycles. The largest absolute Gasteiger partial charge is 0.433 e. The molecule has 0 bridgehead atoms. The topological polar surface area (TPSA) is 58.0 Å². The minimum Gasteiger partial charge on any atom is -0.385 e. The Morgan fingerprint density at radius 3 is 2.44 bits per heavy atom. The molecule has 10 heteroatoms. The molecule has 102 valence electrons. The molecule has 1 aromatic rings. The van der Waals surface area contributed by atoms with Crippen LogP contribution in [0.15, 0.2) is 6.07 Å². The van der Waals surface area contributed by atoms with E-state index in [2.05, 4.69) is 15.3 Å². The highest BCUT2D eigenvalue weighted by Crippen LogP contribution is 2.29. The molecule has 0 aliphatic heterocycles. The van der Waals surface area contributed by atoms with Gasteiger partial charge in [0.25, 0.3) is 6.43 Å². The predicted molar refractivity (Wildman–Crippen MR) is 52.5 cm³/mol. The molecule has 0 aromatic carbocycles. The summed E-state index contributed by atoms with van der Waals surface area (Å²) in [5.74, 6) is -0.401. The van der Waals surface area contributed by atoms with Crippen molar-refractivity contribution in [1.82, 2.24) is 9.97 Å². The molecular weight excluding hydrogens is 285 g/mol. The van der Waals surface area contributed by atoms with Crippen molar-refractivity contribution >= 4 is 17.4 Å². The van der Waals surface area contributed by atoms with Crippen molar-refractivity contribution in [1.29, 1.82) is 0 Å².